The van der Waals surface area contributed by atoms with Crippen LogP contribution >= 0.6 is 0 Å². The number of hydrogen-bond acceptors (Lipinski definition) is 4. The van der Waals surface area contributed by atoms with Crippen molar-refractivity contribution in [3.63, 3.8) is 0 Å². The molecule has 0 aliphatic carbocycles. The zero-order chi connectivity index (χ0) is 54.6. The van der Waals surface area contributed by atoms with Crippen LogP contribution in [-0.2, 0) is 31.9 Å². The number of para-hydroxylation sites is 3. The summed E-state index contributed by atoms with van der Waals surface area (Å²) in [5.74, 6) is 1.41. The summed E-state index contributed by atoms with van der Waals surface area (Å²) in [6, 6.07) is 44.0. The topological polar surface area (TPSA) is 33.5 Å². The minimum absolute atomic E-state index is 0. The third-order valence-corrected chi connectivity index (χ3v) is 12.2. The first kappa shape index (κ1) is 34.1. The monoisotopic (exact) mass is 1070 g/mol. The number of rotatable bonds is 8. The van der Waals surface area contributed by atoms with Crippen molar-refractivity contribution in [1.82, 2.24) is 9.55 Å². The van der Waals surface area contributed by atoms with Gasteiger partial charge in [-0.3, -0.25) is 0 Å². The van der Waals surface area contributed by atoms with Crippen LogP contribution in [0.1, 0.15) is 66.4 Å². The van der Waals surface area contributed by atoms with Gasteiger partial charge in [0.2, 0.25) is 0 Å². The van der Waals surface area contributed by atoms with Gasteiger partial charge >= 0.3 is 0 Å². The maximum atomic E-state index is 9.13. The number of fused-ring (bicyclic) bond motifs is 4. The Bertz CT molecular complexity index is 4010. The summed E-state index contributed by atoms with van der Waals surface area (Å²) in [6.07, 6.45) is 1.78. The van der Waals surface area contributed by atoms with Gasteiger partial charge in [-0.25, -0.2) is 4.98 Å². The molecule has 0 N–H and O–H groups in total. The van der Waals surface area contributed by atoms with Crippen LogP contribution in [0.3, 0.4) is 0 Å². The smallest absolute Gasteiger partial charge is 0.135 e. The number of benzene rings is 8. The van der Waals surface area contributed by atoms with Gasteiger partial charge in [-0.15, -0.1) is 48.1 Å². The summed E-state index contributed by atoms with van der Waals surface area (Å²) in [5.41, 5.74) is 8.88. The van der Waals surface area contributed by atoms with Gasteiger partial charge in [0.05, 0.1) is 13.7 Å². The van der Waals surface area contributed by atoms with E-state index in [2.05, 4.69) is 65.8 Å². The fourth-order valence-electron chi connectivity index (χ4n) is 8.79. The number of aromatic nitrogens is 2. The van der Waals surface area contributed by atoms with E-state index in [4.69, 9.17) is 23.4 Å². The van der Waals surface area contributed by atoms with E-state index < -0.39 is 36.3 Å². The third kappa shape index (κ3) is 8.30. The van der Waals surface area contributed by atoms with E-state index >= 15 is 0 Å². The molecule has 10 aromatic rings. The van der Waals surface area contributed by atoms with Gasteiger partial charge in [0.1, 0.15) is 5.82 Å². The summed E-state index contributed by atoms with van der Waals surface area (Å²) >= 11 is 0. The summed E-state index contributed by atoms with van der Waals surface area (Å²) in [6.45, 7) is 14.8. The van der Waals surface area contributed by atoms with Crippen LogP contribution in [0, 0.1) is 18.8 Å². The van der Waals surface area contributed by atoms with Crippen molar-refractivity contribution < 1.29 is 39.5 Å². The number of anilines is 4. The van der Waals surface area contributed by atoms with Crippen molar-refractivity contribution in [3.8, 4) is 50.7 Å². The second-order valence-corrected chi connectivity index (χ2v) is 18.7. The van der Waals surface area contributed by atoms with Crippen LogP contribution in [0.4, 0.5) is 22.7 Å². The van der Waals surface area contributed by atoms with Crippen LogP contribution < -0.4 is 14.5 Å². The largest absolute Gasteiger partial charge is 0.509 e. The Hall–Kier alpha value is -7.20. The second kappa shape index (κ2) is 17.8. The first-order valence-corrected chi connectivity index (χ1v) is 22.2. The quantitative estimate of drug-likeness (QED) is 0.142. The van der Waals surface area contributed by atoms with Crippen LogP contribution in [0.2, 0.25) is 0 Å². The van der Waals surface area contributed by atoms with Crippen molar-refractivity contribution in [1.29, 1.82) is 0 Å². The minimum atomic E-state index is -0.465. The zero-order valence-corrected chi connectivity index (χ0v) is 40.6. The molecule has 0 bridgehead atoms. The molecule has 0 atom stereocenters. The van der Waals surface area contributed by atoms with Crippen LogP contribution in [0.5, 0.6) is 11.5 Å². The van der Waals surface area contributed by atoms with Gasteiger partial charge in [0, 0.05) is 72.5 Å². The molecule has 0 spiro atoms. The molecule has 0 amide bonds. The Kier molecular flexibility index (Phi) is 8.93. The van der Waals surface area contributed by atoms with Gasteiger partial charge in [0.25, 0.3) is 0 Å². The first-order chi connectivity index (χ1) is 36.6. The fraction of sp³-hybridized carbons (Fsp3) is 0.129. The number of ether oxygens (including phenoxy) is 1. The molecule has 338 valence electrons. The van der Waals surface area contributed by atoms with Crippen molar-refractivity contribution in [2.45, 2.75) is 52.4 Å². The summed E-state index contributed by atoms with van der Waals surface area (Å²) in [4.78, 5) is 8.84. The van der Waals surface area contributed by atoms with E-state index in [1.807, 2.05) is 130 Å². The normalized spacial score (nSPS) is 14.7. The Labute approximate surface area is 428 Å². The standard InChI is InChI=1S/C62H51N4O.Pt/c1-61(2,3)46-23-15-22-45(36-46)52-27-17-26-51(43-20-11-8-12-21-43)60(52)65-41-64(56-28-13-14-29-57(56)65)48-24-16-25-49(39-48)67-50-31-32-53-54-37-44(42-18-9-7-10-19-42)30-33-55(54)66(58(53)40-50)59-38-47(34-35-63-59)62(4,5)6;/h7-38,41H,1-6H3;/q-3;/i7D,8D,9D,10D,11D,12D,18D,19D,20D,21D;. The fourth-order valence-corrected chi connectivity index (χ4v) is 8.79. The number of nitrogens with zero attached hydrogens (tertiary/aromatic N) is 4. The van der Waals surface area contributed by atoms with E-state index in [0.717, 1.165) is 49.9 Å². The van der Waals surface area contributed by atoms with Crippen molar-refractivity contribution in [3.05, 3.63) is 224 Å². The Morgan fingerprint density at radius 1 is 0.544 bits per heavy atom. The van der Waals surface area contributed by atoms with Crippen LogP contribution in [0.15, 0.2) is 194 Å². The molecule has 0 unspecified atom stereocenters. The molecule has 8 aromatic carbocycles. The summed E-state index contributed by atoms with van der Waals surface area (Å²) in [5, 5.41) is 1.54. The molecule has 3 heterocycles. The van der Waals surface area contributed by atoms with E-state index in [1.54, 1.807) is 12.3 Å². The van der Waals surface area contributed by atoms with Crippen molar-refractivity contribution >= 4 is 44.6 Å². The minimum Gasteiger partial charge on any atom is -0.509 e. The predicted molar refractivity (Wildman–Crippen MR) is 278 cm³/mol. The molecule has 1 aliphatic rings. The molecule has 5 nitrogen and oxygen atoms in total. The van der Waals surface area contributed by atoms with E-state index in [0.29, 0.717) is 45.3 Å². The molecular weight excluding hydrogens is 1010 g/mol. The van der Waals surface area contributed by atoms with E-state index in [1.165, 1.54) is 0 Å². The summed E-state index contributed by atoms with van der Waals surface area (Å²) < 4.78 is 95.1. The Balaban J connectivity index is 0.00000688. The van der Waals surface area contributed by atoms with Gasteiger partial charge in [0.15, 0.2) is 0 Å². The van der Waals surface area contributed by atoms with E-state index in [9.17, 15) is 0 Å². The Morgan fingerprint density at radius 3 is 1.93 bits per heavy atom. The molecule has 0 fully saturated rings. The zero-order valence-electron chi connectivity index (χ0n) is 48.3. The molecule has 11 rings (SSSR count). The maximum Gasteiger partial charge on any atom is 0.135 e. The molecular formula is C62H51N4OPt-3. The molecule has 2 aromatic heterocycles. The Morgan fingerprint density at radius 2 is 1.19 bits per heavy atom. The SMILES string of the molecule is [2H]c1c([2H])c([2H])c(-c2ccc3c(c2)c2ccc(Oc4[c-]c(N5[CH-]N(c6c(-c7cccc(C(C)(C)C)c7)cccc6-c6c([2H])c([2H])c([2H])c([2H])c6[2H])c6ccccc65)ccc4)[c-]c2n3-c2cc(C(C)(C)C)ccn2)c([2H])c1[2H].[Pt]. The number of pyridine rings is 1. The van der Waals surface area contributed by atoms with Crippen molar-refractivity contribution in [2.75, 3.05) is 9.80 Å². The first-order valence-electron chi connectivity index (χ1n) is 27.2. The van der Waals surface area contributed by atoms with Crippen LogP contribution in [-0.4, -0.2) is 9.55 Å². The average molecular weight is 1070 g/mol. The molecule has 0 saturated heterocycles. The van der Waals surface area contributed by atoms with Gasteiger partial charge < -0.3 is 19.1 Å². The molecule has 0 radical (unpaired) electrons. The maximum absolute atomic E-state index is 9.13. The van der Waals surface area contributed by atoms with Crippen molar-refractivity contribution in [2.24, 2.45) is 0 Å². The molecule has 1 aliphatic heterocycles. The van der Waals surface area contributed by atoms with Gasteiger partial charge in [-0.2, -0.15) is 12.1 Å². The van der Waals surface area contributed by atoms with Gasteiger partial charge in [-0.1, -0.05) is 174 Å². The second-order valence-electron chi connectivity index (χ2n) is 18.7. The van der Waals surface area contributed by atoms with E-state index in [-0.39, 0.29) is 67.2 Å². The third-order valence-electron chi connectivity index (χ3n) is 12.2. The average Bonchev–Trinajstić information content (AvgIpc) is 4.09. The molecule has 68 heavy (non-hydrogen) atoms. The summed E-state index contributed by atoms with van der Waals surface area (Å²) in [7, 11) is 0. The molecule has 0 saturated carbocycles. The molecule has 6 heteroatoms. The van der Waals surface area contributed by atoms with Crippen LogP contribution in [0.25, 0.3) is 61.0 Å². The van der Waals surface area contributed by atoms with Gasteiger partial charge in [-0.05, 0) is 79.9 Å². The number of hydrogen-bond donors (Lipinski definition) is 0. The predicted octanol–water partition coefficient (Wildman–Crippen LogP) is 16.6.